The molecule has 3 rings (SSSR count). The molecule has 172 valence electrons. The standard InChI is InChI=1S/C26H26Cl2N2O3/c1-18-8-10-20(11-9-18)16-30(23(26(32)29-2)14-19-6-4-3-5-7-19)25(31)17-33-24-13-12-21(27)15-22(24)28/h3-13,15,23H,14,16-17H2,1-2H3,(H,29,32)/t23-/m1/s1. The second-order valence-electron chi connectivity index (χ2n) is 7.69. The van der Waals surface area contributed by atoms with Crippen LogP contribution in [0, 0.1) is 6.92 Å². The molecule has 0 saturated carbocycles. The van der Waals surface area contributed by atoms with Gasteiger partial charge in [-0.3, -0.25) is 9.59 Å². The van der Waals surface area contributed by atoms with Crippen molar-refractivity contribution in [1.82, 2.24) is 10.2 Å². The molecule has 0 bridgehead atoms. The van der Waals surface area contributed by atoms with Crippen LogP contribution < -0.4 is 10.1 Å². The van der Waals surface area contributed by atoms with Crippen LogP contribution in [0.25, 0.3) is 0 Å². The molecule has 1 N–H and O–H groups in total. The first-order valence-corrected chi connectivity index (χ1v) is 11.3. The van der Waals surface area contributed by atoms with Gasteiger partial charge in [0.25, 0.3) is 5.91 Å². The maximum absolute atomic E-state index is 13.4. The molecule has 0 fully saturated rings. The molecule has 0 radical (unpaired) electrons. The van der Waals surface area contributed by atoms with Gasteiger partial charge < -0.3 is 15.0 Å². The Morgan fingerprint density at radius 3 is 2.30 bits per heavy atom. The molecule has 7 heteroatoms. The van der Waals surface area contributed by atoms with Crippen LogP contribution in [0.4, 0.5) is 0 Å². The summed E-state index contributed by atoms with van der Waals surface area (Å²) in [5, 5.41) is 3.48. The van der Waals surface area contributed by atoms with Gasteiger partial charge in [-0.2, -0.15) is 0 Å². The van der Waals surface area contributed by atoms with Crippen LogP contribution >= 0.6 is 23.2 Å². The van der Waals surface area contributed by atoms with Crippen LogP contribution in [0.2, 0.25) is 10.0 Å². The number of rotatable bonds is 9. The van der Waals surface area contributed by atoms with Crippen molar-refractivity contribution in [2.75, 3.05) is 13.7 Å². The summed E-state index contributed by atoms with van der Waals surface area (Å²) in [6.45, 7) is 2.00. The molecule has 0 saturated heterocycles. The van der Waals surface area contributed by atoms with Gasteiger partial charge in [0.1, 0.15) is 11.8 Å². The summed E-state index contributed by atoms with van der Waals surface area (Å²) in [7, 11) is 1.57. The maximum atomic E-state index is 13.4. The zero-order valence-electron chi connectivity index (χ0n) is 18.6. The van der Waals surface area contributed by atoms with Gasteiger partial charge in [-0.05, 0) is 36.2 Å². The second kappa shape index (κ2) is 11.7. The van der Waals surface area contributed by atoms with Crippen molar-refractivity contribution in [2.24, 2.45) is 0 Å². The third-order valence-corrected chi connectivity index (χ3v) is 5.77. The molecule has 0 aromatic heterocycles. The normalized spacial score (nSPS) is 11.5. The number of nitrogens with zero attached hydrogens (tertiary/aromatic N) is 1. The molecule has 33 heavy (non-hydrogen) atoms. The number of halogens is 2. The molecule has 0 heterocycles. The lowest BCUT2D eigenvalue weighted by molar-refractivity contribution is -0.142. The van der Waals surface area contributed by atoms with Gasteiger partial charge in [-0.25, -0.2) is 0 Å². The Morgan fingerprint density at radius 1 is 0.970 bits per heavy atom. The summed E-state index contributed by atoms with van der Waals surface area (Å²) in [6.07, 6.45) is 0.375. The Bertz CT molecular complexity index is 1090. The highest BCUT2D eigenvalue weighted by Crippen LogP contribution is 2.27. The first-order valence-electron chi connectivity index (χ1n) is 10.6. The van der Waals surface area contributed by atoms with Gasteiger partial charge in [0.2, 0.25) is 5.91 Å². The fourth-order valence-corrected chi connectivity index (χ4v) is 3.89. The van der Waals surface area contributed by atoms with Crippen LogP contribution in [0.15, 0.2) is 72.8 Å². The zero-order chi connectivity index (χ0) is 23.8. The van der Waals surface area contributed by atoms with Crippen molar-refractivity contribution < 1.29 is 14.3 Å². The molecule has 3 aromatic carbocycles. The molecule has 5 nitrogen and oxygen atoms in total. The highest BCUT2D eigenvalue weighted by Gasteiger charge is 2.30. The largest absolute Gasteiger partial charge is 0.482 e. The zero-order valence-corrected chi connectivity index (χ0v) is 20.1. The molecule has 1 atom stereocenters. The van der Waals surface area contributed by atoms with E-state index >= 15 is 0 Å². The smallest absolute Gasteiger partial charge is 0.261 e. The number of amides is 2. The van der Waals surface area contributed by atoms with Gasteiger partial charge in [0.05, 0.1) is 5.02 Å². The summed E-state index contributed by atoms with van der Waals surface area (Å²) in [5.74, 6) is -0.223. The fraction of sp³-hybridized carbons (Fsp3) is 0.231. The van der Waals surface area contributed by atoms with Crippen molar-refractivity contribution in [1.29, 1.82) is 0 Å². The van der Waals surface area contributed by atoms with Crippen LogP contribution in [0.5, 0.6) is 5.75 Å². The number of benzene rings is 3. The molecule has 0 aliphatic heterocycles. The first-order chi connectivity index (χ1) is 15.9. The summed E-state index contributed by atoms with van der Waals surface area (Å²) in [6, 6.07) is 21.6. The number of ether oxygens (including phenoxy) is 1. The minimum atomic E-state index is -0.713. The average Bonchev–Trinajstić information content (AvgIpc) is 2.82. The SMILES string of the molecule is CNC(=O)[C@@H](Cc1ccccc1)N(Cc1ccc(C)cc1)C(=O)COc1ccc(Cl)cc1Cl. The van der Waals surface area contributed by atoms with E-state index in [0.717, 1.165) is 16.7 Å². The lowest BCUT2D eigenvalue weighted by Gasteiger charge is -2.31. The molecule has 0 aliphatic carbocycles. The van der Waals surface area contributed by atoms with Crippen molar-refractivity contribution in [3.8, 4) is 5.75 Å². The lowest BCUT2D eigenvalue weighted by Crippen LogP contribution is -2.51. The van der Waals surface area contributed by atoms with E-state index in [0.29, 0.717) is 22.2 Å². The minimum Gasteiger partial charge on any atom is -0.482 e. The first kappa shape index (κ1) is 24.6. The maximum Gasteiger partial charge on any atom is 0.261 e. The van der Waals surface area contributed by atoms with Crippen molar-refractivity contribution in [3.05, 3.63) is 99.5 Å². The van der Waals surface area contributed by atoms with E-state index in [1.165, 1.54) is 0 Å². The average molecular weight is 485 g/mol. The van der Waals surface area contributed by atoms with Gasteiger partial charge in [-0.15, -0.1) is 0 Å². The van der Waals surface area contributed by atoms with Crippen molar-refractivity contribution >= 4 is 35.0 Å². The van der Waals surface area contributed by atoms with Crippen molar-refractivity contribution in [3.63, 3.8) is 0 Å². The number of carbonyl (C=O) groups is 2. The molecular weight excluding hydrogens is 459 g/mol. The lowest BCUT2D eigenvalue weighted by atomic mass is 10.0. The van der Waals surface area contributed by atoms with E-state index in [1.807, 2.05) is 61.5 Å². The molecular formula is C26H26Cl2N2O3. The Morgan fingerprint density at radius 2 is 1.67 bits per heavy atom. The van der Waals surface area contributed by atoms with E-state index in [2.05, 4.69) is 5.32 Å². The number of nitrogens with one attached hydrogen (secondary N) is 1. The number of carbonyl (C=O) groups excluding carboxylic acids is 2. The number of aryl methyl sites for hydroxylation is 1. The fourth-order valence-electron chi connectivity index (χ4n) is 3.43. The summed E-state index contributed by atoms with van der Waals surface area (Å²) < 4.78 is 5.69. The summed E-state index contributed by atoms with van der Waals surface area (Å²) >= 11 is 12.1. The van der Waals surface area contributed by atoms with E-state index in [9.17, 15) is 9.59 Å². The van der Waals surface area contributed by atoms with Gasteiger partial charge in [-0.1, -0.05) is 83.4 Å². The topological polar surface area (TPSA) is 58.6 Å². The third kappa shape index (κ3) is 6.98. The van der Waals surface area contributed by atoms with Crippen LogP contribution in [0.1, 0.15) is 16.7 Å². The summed E-state index contributed by atoms with van der Waals surface area (Å²) in [5.41, 5.74) is 2.99. The van der Waals surface area contributed by atoms with E-state index in [4.69, 9.17) is 27.9 Å². The highest BCUT2D eigenvalue weighted by atomic mass is 35.5. The van der Waals surface area contributed by atoms with E-state index in [1.54, 1.807) is 30.1 Å². The second-order valence-corrected chi connectivity index (χ2v) is 8.53. The van der Waals surface area contributed by atoms with Crippen LogP contribution in [0.3, 0.4) is 0 Å². The van der Waals surface area contributed by atoms with Crippen LogP contribution in [-0.4, -0.2) is 36.4 Å². The quantitative estimate of drug-likeness (QED) is 0.461. The molecule has 0 unspecified atom stereocenters. The van der Waals surface area contributed by atoms with Gasteiger partial charge in [0.15, 0.2) is 6.61 Å². The molecule has 0 spiro atoms. The Labute approximate surface area is 204 Å². The van der Waals surface area contributed by atoms with E-state index in [-0.39, 0.29) is 25.0 Å². The van der Waals surface area contributed by atoms with Crippen LogP contribution in [-0.2, 0) is 22.6 Å². The molecule has 2 amide bonds. The van der Waals surface area contributed by atoms with Gasteiger partial charge in [0, 0.05) is 25.0 Å². The molecule has 0 aliphatic rings. The number of likely N-dealkylation sites (N-methyl/N-ethyl adjacent to an activating group) is 1. The minimum absolute atomic E-state index is 0.246. The highest BCUT2D eigenvalue weighted by molar-refractivity contribution is 6.35. The number of hydrogen-bond acceptors (Lipinski definition) is 3. The van der Waals surface area contributed by atoms with Crippen molar-refractivity contribution in [2.45, 2.75) is 25.9 Å². The van der Waals surface area contributed by atoms with Gasteiger partial charge >= 0.3 is 0 Å². The Hall–Kier alpha value is -3.02. The Balaban J connectivity index is 1.87. The summed E-state index contributed by atoms with van der Waals surface area (Å²) in [4.78, 5) is 27.8. The van der Waals surface area contributed by atoms with E-state index < -0.39 is 6.04 Å². The molecule has 3 aromatic rings. The predicted molar refractivity (Wildman–Crippen MR) is 132 cm³/mol. The predicted octanol–water partition coefficient (Wildman–Crippen LogP) is 5.07. The Kier molecular flexibility index (Phi) is 8.75. The third-order valence-electron chi connectivity index (χ3n) is 5.24. The number of hydrogen-bond donors (Lipinski definition) is 1. The monoisotopic (exact) mass is 484 g/mol.